The molecule has 35 heavy (non-hydrogen) atoms. The first kappa shape index (κ1) is 24.7. The minimum absolute atomic E-state index is 0.0102. The van der Waals surface area contributed by atoms with Gasteiger partial charge in [-0.2, -0.15) is 0 Å². The van der Waals surface area contributed by atoms with Gasteiger partial charge in [0.15, 0.2) is 0 Å². The molecule has 2 aliphatic rings. The average molecular weight is 482 g/mol. The van der Waals surface area contributed by atoms with E-state index in [2.05, 4.69) is 5.32 Å². The second-order valence-electron chi connectivity index (χ2n) is 9.11. The van der Waals surface area contributed by atoms with Gasteiger partial charge < -0.3 is 15.1 Å². The average Bonchev–Trinajstić information content (AvgIpc) is 2.85. The van der Waals surface area contributed by atoms with Crippen molar-refractivity contribution in [3.8, 4) is 0 Å². The lowest BCUT2D eigenvalue weighted by Crippen LogP contribution is -2.76. The van der Waals surface area contributed by atoms with Crippen LogP contribution in [-0.2, 0) is 16.1 Å². The van der Waals surface area contributed by atoms with Gasteiger partial charge in [0.2, 0.25) is 11.8 Å². The standard InChI is InChI=1S/C26H32FN5O3/c1-4-8-22-25(34)30(18(2)20-11-13-21(27)14-12-20)16-23-31(22)24(33)17-29(3)32(23)26(35)28-15-19-9-6-5-7-10-19/h5-7,9-14,18,22-23H,4,8,15-17H2,1-3H3,(H,28,35)/t18?,22-,23-/m0/s1. The molecular formula is C26H32FN5O3. The van der Waals surface area contributed by atoms with Crippen LogP contribution in [-0.4, -0.2) is 70.0 Å². The van der Waals surface area contributed by atoms with E-state index >= 15 is 0 Å². The molecule has 0 bridgehead atoms. The zero-order chi connectivity index (χ0) is 25.1. The van der Waals surface area contributed by atoms with Gasteiger partial charge in [0.05, 0.1) is 19.1 Å². The van der Waals surface area contributed by atoms with Crippen molar-refractivity contribution < 1.29 is 18.8 Å². The summed E-state index contributed by atoms with van der Waals surface area (Å²) in [6.45, 7) is 4.37. The van der Waals surface area contributed by atoms with Crippen LogP contribution in [0.15, 0.2) is 54.6 Å². The number of carbonyl (C=O) groups excluding carboxylic acids is 3. The molecule has 2 aromatic carbocycles. The predicted molar refractivity (Wildman–Crippen MR) is 129 cm³/mol. The van der Waals surface area contributed by atoms with E-state index < -0.39 is 12.2 Å². The van der Waals surface area contributed by atoms with Crippen LogP contribution in [0.3, 0.4) is 0 Å². The number of amides is 4. The van der Waals surface area contributed by atoms with Crippen molar-refractivity contribution in [2.24, 2.45) is 0 Å². The zero-order valence-electron chi connectivity index (χ0n) is 20.4. The molecule has 9 heteroatoms. The Labute approximate surface area is 205 Å². The maximum atomic E-state index is 13.6. The molecule has 2 fully saturated rings. The Morgan fingerprint density at radius 2 is 1.80 bits per heavy atom. The molecule has 1 unspecified atom stereocenters. The monoisotopic (exact) mass is 481 g/mol. The number of urea groups is 1. The molecule has 2 saturated heterocycles. The number of hydrazine groups is 1. The Bertz CT molecular complexity index is 1060. The van der Waals surface area contributed by atoms with Gasteiger partial charge >= 0.3 is 6.03 Å². The first-order valence-corrected chi connectivity index (χ1v) is 12.0. The summed E-state index contributed by atoms with van der Waals surface area (Å²) in [4.78, 5) is 43.4. The third kappa shape index (κ3) is 5.00. The highest BCUT2D eigenvalue weighted by Gasteiger charge is 2.51. The van der Waals surface area contributed by atoms with Crippen LogP contribution in [0.25, 0.3) is 0 Å². The number of benzene rings is 2. The first-order valence-electron chi connectivity index (χ1n) is 12.0. The Morgan fingerprint density at radius 3 is 2.46 bits per heavy atom. The van der Waals surface area contributed by atoms with Gasteiger partial charge in [-0.25, -0.2) is 19.2 Å². The lowest BCUT2D eigenvalue weighted by atomic mass is 9.98. The van der Waals surface area contributed by atoms with Crippen molar-refractivity contribution in [1.29, 1.82) is 0 Å². The summed E-state index contributed by atoms with van der Waals surface area (Å²) in [6.07, 6.45) is 0.563. The minimum Gasteiger partial charge on any atom is -0.333 e. The van der Waals surface area contributed by atoms with Crippen LogP contribution in [0.1, 0.15) is 43.9 Å². The van der Waals surface area contributed by atoms with Crippen LogP contribution >= 0.6 is 0 Å². The van der Waals surface area contributed by atoms with Gasteiger partial charge in [-0.1, -0.05) is 55.8 Å². The fourth-order valence-corrected chi connectivity index (χ4v) is 4.94. The number of piperazine rings is 1. The van der Waals surface area contributed by atoms with Crippen LogP contribution < -0.4 is 5.32 Å². The van der Waals surface area contributed by atoms with E-state index in [0.29, 0.717) is 19.4 Å². The van der Waals surface area contributed by atoms with Gasteiger partial charge in [-0.15, -0.1) is 0 Å². The Kier molecular flexibility index (Phi) is 7.35. The molecule has 3 atom stereocenters. The predicted octanol–water partition coefficient (Wildman–Crippen LogP) is 3.12. The summed E-state index contributed by atoms with van der Waals surface area (Å²) in [7, 11) is 1.70. The maximum absolute atomic E-state index is 13.6. The molecule has 4 amide bonds. The Morgan fingerprint density at radius 1 is 1.11 bits per heavy atom. The molecule has 2 aromatic rings. The number of fused-ring (bicyclic) bond motifs is 1. The fraction of sp³-hybridized carbons (Fsp3) is 0.423. The molecule has 8 nitrogen and oxygen atoms in total. The summed E-state index contributed by atoms with van der Waals surface area (Å²) >= 11 is 0. The van der Waals surface area contributed by atoms with E-state index in [0.717, 1.165) is 11.1 Å². The van der Waals surface area contributed by atoms with Crippen molar-refractivity contribution in [2.75, 3.05) is 20.1 Å². The molecule has 0 aromatic heterocycles. The third-order valence-corrected chi connectivity index (χ3v) is 6.76. The van der Waals surface area contributed by atoms with E-state index in [4.69, 9.17) is 0 Å². The van der Waals surface area contributed by atoms with Crippen LogP contribution in [0.5, 0.6) is 0 Å². The highest BCUT2D eigenvalue weighted by Crippen LogP contribution is 2.32. The number of hydrogen-bond acceptors (Lipinski definition) is 4. The summed E-state index contributed by atoms with van der Waals surface area (Å²) in [5.41, 5.74) is 1.75. The summed E-state index contributed by atoms with van der Waals surface area (Å²) in [6, 6.07) is 14.3. The van der Waals surface area contributed by atoms with Gasteiger partial charge in [0.1, 0.15) is 18.0 Å². The number of halogens is 1. The molecule has 0 radical (unpaired) electrons. The van der Waals surface area contributed by atoms with Gasteiger partial charge in [-0.3, -0.25) is 9.59 Å². The Hall–Kier alpha value is -3.46. The molecule has 2 heterocycles. The van der Waals surface area contributed by atoms with E-state index in [1.54, 1.807) is 39.0 Å². The van der Waals surface area contributed by atoms with E-state index in [1.165, 1.54) is 12.1 Å². The molecule has 1 N–H and O–H groups in total. The van der Waals surface area contributed by atoms with Crippen molar-refractivity contribution in [1.82, 2.24) is 25.1 Å². The smallest absolute Gasteiger partial charge is 0.333 e. The van der Waals surface area contributed by atoms with Crippen LogP contribution in [0.2, 0.25) is 0 Å². The van der Waals surface area contributed by atoms with E-state index in [9.17, 15) is 18.8 Å². The first-order chi connectivity index (χ1) is 16.8. The van der Waals surface area contributed by atoms with Crippen LogP contribution in [0, 0.1) is 5.82 Å². The second-order valence-corrected chi connectivity index (χ2v) is 9.11. The van der Waals surface area contributed by atoms with Crippen LogP contribution in [0.4, 0.5) is 9.18 Å². The van der Waals surface area contributed by atoms with Gasteiger partial charge in [0, 0.05) is 13.6 Å². The number of hydrogen-bond donors (Lipinski definition) is 1. The van der Waals surface area contributed by atoms with Crippen molar-refractivity contribution in [3.63, 3.8) is 0 Å². The second kappa shape index (κ2) is 10.4. The summed E-state index contributed by atoms with van der Waals surface area (Å²) in [5.74, 6) is -0.672. The molecule has 4 rings (SSSR count). The highest BCUT2D eigenvalue weighted by molar-refractivity contribution is 5.91. The summed E-state index contributed by atoms with van der Waals surface area (Å²) < 4.78 is 13.5. The maximum Gasteiger partial charge on any atom is 0.334 e. The third-order valence-electron chi connectivity index (χ3n) is 6.76. The molecule has 186 valence electrons. The number of likely N-dealkylation sites (N-methyl/N-ethyl adjacent to an activating group) is 1. The number of carbonyl (C=O) groups is 3. The largest absolute Gasteiger partial charge is 0.334 e. The molecule has 0 saturated carbocycles. The SMILES string of the molecule is CCC[C@H]1C(=O)N(C(C)c2ccc(F)cc2)C[C@H]2N1C(=O)CN(C)N2C(=O)NCc1ccccc1. The van der Waals surface area contributed by atoms with Crippen molar-refractivity contribution in [2.45, 2.75) is 51.5 Å². The fourth-order valence-electron chi connectivity index (χ4n) is 4.94. The van der Waals surface area contributed by atoms with Gasteiger partial charge in [-0.05, 0) is 36.6 Å². The molecule has 2 aliphatic heterocycles. The van der Waals surface area contributed by atoms with Crippen molar-refractivity contribution >= 4 is 17.8 Å². The number of rotatable bonds is 6. The highest BCUT2D eigenvalue weighted by atomic mass is 19.1. The van der Waals surface area contributed by atoms with Crippen molar-refractivity contribution in [3.05, 3.63) is 71.5 Å². The molecule has 0 spiro atoms. The van der Waals surface area contributed by atoms with Gasteiger partial charge in [0.25, 0.3) is 0 Å². The lowest BCUT2D eigenvalue weighted by Gasteiger charge is -2.55. The van der Waals surface area contributed by atoms with E-state index in [1.807, 2.05) is 44.2 Å². The minimum atomic E-state index is -0.660. The normalized spacial score (nSPS) is 21.7. The van der Waals surface area contributed by atoms with E-state index in [-0.39, 0.29) is 42.8 Å². The topological polar surface area (TPSA) is 76.2 Å². The lowest BCUT2D eigenvalue weighted by molar-refractivity contribution is -0.189. The summed E-state index contributed by atoms with van der Waals surface area (Å²) in [5, 5.41) is 6.11. The number of nitrogens with one attached hydrogen (secondary N) is 1. The Balaban J connectivity index is 1.63. The molecular weight excluding hydrogens is 449 g/mol. The molecule has 0 aliphatic carbocycles. The quantitative estimate of drug-likeness (QED) is 0.688. The number of nitrogens with zero attached hydrogens (tertiary/aromatic N) is 4. The zero-order valence-corrected chi connectivity index (χ0v) is 20.4.